The maximum Gasteiger partial charge on any atom is 0.0767 e. The minimum Gasteiger partial charge on any atom is -0.309 e. The number of hydrogen-bond donors (Lipinski definition) is 1. The van der Waals surface area contributed by atoms with E-state index in [1.165, 1.54) is 48.0 Å². The van der Waals surface area contributed by atoms with E-state index in [9.17, 15) is 0 Å². The molecule has 0 saturated carbocycles. The second-order valence-electron chi connectivity index (χ2n) is 5.51. The van der Waals surface area contributed by atoms with Gasteiger partial charge in [0.25, 0.3) is 0 Å². The fourth-order valence-corrected chi connectivity index (χ4v) is 3.14. The molecule has 0 aliphatic heterocycles. The smallest absolute Gasteiger partial charge is 0.0767 e. The number of aryl methyl sites for hydroxylation is 2. The number of unbranched alkanes of at least 4 members (excludes halogenated alkanes) is 3. The molecule has 20 heavy (non-hydrogen) atoms. The van der Waals surface area contributed by atoms with Crippen LogP contribution in [0, 0.1) is 0 Å². The van der Waals surface area contributed by atoms with Gasteiger partial charge in [-0.3, -0.25) is 4.68 Å². The van der Waals surface area contributed by atoms with E-state index in [1.807, 2.05) is 0 Å². The first-order valence-electron chi connectivity index (χ1n) is 8.11. The summed E-state index contributed by atoms with van der Waals surface area (Å²) in [5, 5.41) is 8.28. The van der Waals surface area contributed by atoms with Crippen LogP contribution in [0.3, 0.4) is 0 Å². The summed E-state index contributed by atoms with van der Waals surface area (Å²) < 4.78 is 3.30. The fraction of sp³-hybridized carbons (Fsp3) is 0.812. The SMILES string of the molecule is CCCCCCC(C)NCc1c(Br)c(CC)nn1CC. The molecule has 3 nitrogen and oxygen atoms in total. The van der Waals surface area contributed by atoms with Crippen LogP contribution in [0.25, 0.3) is 0 Å². The van der Waals surface area contributed by atoms with Crippen molar-refractivity contribution in [1.29, 1.82) is 0 Å². The maximum atomic E-state index is 4.64. The summed E-state index contributed by atoms with van der Waals surface area (Å²) in [7, 11) is 0. The zero-order valence-electron chi connectivity index (χ0n) is 13.5. The van der Waals surface area contributed by atoms with Crippen molar-refractivity contribution in [2.75, 3.05) is 0 Å². The van der Waals surface area contributed by atoms with E-state index in [4.69, 9.17) is 0 Å². The normalized spacial score (nSPS) is 12.8. The Morgan fingerprint density at radius 1 is 1.20 bits per heavy atom. The van der Waals surface area contributed by atoms with Gasteiger partial charge in [0.15, 0.2) is 0 Å². The highest BCUT2D eigenvalue weighted by Gasteiger charge is 2.14. The van der Waals surface area contributed by atoms with Gasteiger partial charge < -0.3 is 5.32 Å². The Labute approximate surface area is 132 Å². The summed E-state index contributed by atoms with van der Waals surface area (Å²) in [5.41, 5.74) is 2.45. The maximum absolute atomic E-state index is 4.64. The third kappa shape index (κ3) is 5.21. The highest BCUT2D eigenvalue weighted by molar-refractivity contribution is 9.10. The molecule has 0 aliphatic carbocycles. The predicted octanol–water partition coefficient (Wildman–Crippen LogP) is 4.68. The molecule has 1 rings (SSSR count). The lowest BCUT2D eigenvalue weighted by atomic mass is 10.1. The topological polar surface area (TPSA) is 29.9 Å². The molecule has 0 saturated heterocycles. The predicted molar refractivity (Wildman–Crippen MR) is 90.0 cm³/mol. The van der Waals surface area contributed by atoms with Crippen LogP contribution in [0.1, 0.15) is 71.2 Å². The first-order valence-corrected chi connectivity index (χ1v) is 8.90. The molecule has 116 valence electrons. The Hall–Kier alpha value is -0.350. The lowest BCUT2D eigenvalue weighted by molar-refractivity contribution is 0.468. The van der Waals surface area contributed by atoms with Gasteiger partial charge >= 0.3 is 0 Å². The first-order chi connectivity index (χ1) is 9.63. The average Bonchev–Trinajstić information content (AvgIpc) is 2.77. The summed E-state index contributed by atoms with van der Waals surface area (Å²) in [6.45, 7) is 10.7. The molecule has 0 fully saturated rings. The van der Waals surface area contributed by atoms with Gasteiger partial charge in [0.1, 0.15) is 0 Å². The van der Waals surface area contributed by atoms with Crippen LogP contribution >= 0.6 is 15.9 Å². The number of aromatic nitrogens is 2. The minimum atomic E-state index is 0.573. The van der Waals surface area contributed by atoms with E-state index in [2.05, 4.69) is 58.7 Å². The Morgan fingerprint density at radius 3 is 2.55 bits per heavy atom. The summed E-state index contributed by atoms with van der Waals surface area (Å²) in [5.74, 6) is 0. The van der Waals surface area contributed by atoms with Gasteiger partial charge in [0.05, 0.1) is 15.9 Å². The Kier molecular flexibility index (Phi) is 8.46. The molecule has 0 radical (unpaired) electrons. The number of halogens is 1. The highest BCUT2D eigenvalue weighted by atomic mass is 79.9. The molecule has 1 N–H and O–H groups in total. The summed E-state index contributed by atoms with van der Waals surface area (Å²) in [6, 6.07) is 0.573. The molecule has 0 bridgehead atoms. The summed E-state index contributed by atoms with van der Waals surface area (Å²) in [4.78, 5) is 0. The van der Waals surface area contributed by atoms with Crippen molar-refractivity contribution < 1.29 is 0 Å². The largest absolute Gasteiger partial charge is 0.309 e. The number of rotatable bonds is 10. The van der Waals surface area contributed by atoms with Crippen molar-refractivity contribution in [3.8, 4) is 0 Å². The van der Waals surface area contributed by atoms with Crippen LogP contribution in [-0.2, 0) is 19.5 Å². The van der Waals surface area contributed by atoms with E-state index in [-0.39, 0.29) is 0 Å². The fourth-order valence-electron chi connectivity index (χ4n) is 2.44. The highest BCUT2D eigenvalue weighted by Crippen LogP contribution is 2.22. The van der Waals surface area contributed by atoms with Crippen molar-refractivity contribution in [3.05, 3.63) is 15.9 Å². The number of nitrogens with one attached hydrogen (secondary N) is 1. The van der Waals surface area contributed by atoms with Crippen molar-refractivity contribution in [1.82, 2.24) is 15.1 Å². The van der Waals surface area contributed by atoms with Crippen LogP contribution < -0.4 is 5.32 Å². The molecule has 1 atom stereocenters. The van der Waals surface area contributed by atoms with Crippen molar-refractivity contribution in [2.24, 2.45) is 0 Å². The van der Waals surface area contributed by atoms with Crippen LogP contribution in [0.2, 0.25) is 0 Å². The van der Waals surface area contributed by atoms with Crippen LogP contribution in [0.4, 0.5) is 0 Å². The minimum absolute atomic E-state index is 0.573. The van der Waals surface area contributed by atoms with Crippen LogP contribution in [-0.4, -0.2) is 15.8 Å². The van der Waals surface area contributed by atoms with E-state index < -0.39 is 0 Å². The molecule has 1 aromatic rings. The van der Waals surface area contributed by atoms with Crippen molar-refractivity contribution in [3.63, 3.8) is 0 Å². The third-order valence-electron chi connectivity index (χ3n) is 3.80. The Balaban J connectivity index is 2.46. The quantitative estimate of drug-likeness (QED) is 0.625. The van der Waals surface area contributed by atoms with Gasteiger partial charge in [-0.2, -0.15) is 5.10 Å². The second kappa shape index (κ2) is 9.56. The number of hydrogen-bond acceptors (Lipinski definition) is 2. The third-order valence-corrected chi connectivity index (χ3v) is 4.72. The molecule has 0 aromatic carbocycles. The Morgan fingerprint density at radius 2 is 1.95 bits per heavy atom. The van der Waals surface area contributed by atoms with Gasteiger partial charge in [-0.1, -0.05) is 39.5 Å². The molecule has 0 spiro atoms. The van der Waals surface area contributed by atoms with Gasteiger partial charge in [0, 0.05) is 19.1 Å². The molecule has 1 heterocycles. The van der Waals surface area contributed by atoms with Crippen molar-refractivity contribution in [2.45, 2.75) is 85.4 Å². The zero-order valence-corrected chi connectivity index (χ0v) is 15.1. The average molecular weight is 344 g/mol. The summed E-state index contributed by atoms with van der Waals surface area (Å²) in [6.07, 6.45) is 7.60. The van der Waals surface area contributed by atoms with Gasteiger partial charge in [-0.15, -0.1) is 0 Å². The molecular formula is C16H30BrN3. The zero-order chi connectivity index (χ0) is 15.0. The number of nitrogens with zero attached hydrogens (tertiary/aromatic N) is 2. The second-order valence-corrected chi connectivity index (χ2v) is 6.30. The van der Waals surface area contributed by atoms with Crippen LogP contribution in [0.15, 0.2) is 4.47 Å². The van der Waals surface area contributed by atoms with Gasteiger partial charge in [-0.25, -0.2) is 0 Å². The molecule has 0 amide bonds. The molecule has 4 heteroatoms. The van der Waals surface area contributed by atoms with Crippen LogP contribution in [0.5, 0.6) is 0 Å². The van der Waals surface area contributed by atoms with Gasteiger partial charge in [0.2, 0.25) is 0 Å². The molecule has 0 aliphatic rings. The standard InChI is InChI=1S/C16H30BrN3/c1-5-8-9-10-11-13(4)18-12-15-16(17)14(6-2)19-20(15)7-3/h13,18H,5-12H2,1-4H3. The molecule has 1 unspecified atom stereocenters. The van der Waals surface area contributed by atoms with Crippen molar-refractivity contribution >= 4 is 15.9 Å². The Bertz CT molecular complexity index is 387. The van der Waals surface area contributed by atoms with E-state index in [0.717, 1.165) is 19.5 Å². The molecular weight excluding hydrogens is 314 g/mol. The van der Waals surface area contributed by atoms with E-state index >= 15 is 0 Å². The van der Waals surface area contributed by atoms with Gasteiger partial charge in [-0.05, 0) is 42.6 Å². The monoisotopic (exact) mass is 343 g/mol. The van der Waals surface area contributed by atoms with E-state index in [1.54, 1.807) is 0 Å². The lowest BCUT2D eigenvalue weighted by Crippen LogP contribution is -2.26. The lowest BCUT2D eigenvalue weighted by Gasteiger charge is -2.14. The summed E-state index contributed by atoms with van der Waals surface area (Å²) >= 11 is 3.70. The first kappa shape index (κ1) is 17.7. The molecule has 1 aromatic heterocycles. The van der Waals surface area contributed by atoms with E-state index in [0.29, 0.717) is 6.04 Å².